The molecule has 98 valence electrons. The fourth-order valence-corrected chi connectivity index (χ4v) is 2.38. The summed E-state index contributed by atoms with van der Waals surface area (Å²) in [6, 6.07) is 5.75. The molecule has 1 aromatic rings. The number of carbonyl (C=O) groups is 1. The largest absolute Gasteiger partial charge is 0.490 e. The van der Waals surface area contributed by atoms with E-state index in [9.17, 15) is 4.79 Å². The number of rotatable bonds is 5. The van der Waals surface area contributed by atoms with Crippen molar-refractivity contribution >= 4 is 22.0 Å². The summed E-state index contributed by atoms with van der Waals surface area (Å²) in [5.74, 6) is 0.764. The molecule has 0 aromatic heterocycles. The van der Waals surface area contributed by atoms with Gasteiger partial charge < -0.3 is 20.7 Å². The first kappa shape index (κ1) is 13.2. The quantitative estimate of drug-likeness (QED) is 0.861. The number of hydrogen-bond donors (Lipinski definition) is 2. The number of nitrogens with two attached hydrogens (primary N) is 1. The van der Waals surface area contributed by atoms with Gasteiger partial charge in [0.15, 0.2) is 0 Å². The van der Waals surface area contributed by atoms with Crippen molar-refractivity contribution in [3.8, 4) is 5.75 Å². The molecule has 1 heterocycles. The second kappa shape index (κ2) is 6.06. The van der Waals surface area contributed by atoms with E-state index in [2.05, 4.69) is 21.2 Å². The van der Waals surface area contributed by atoms with Gasteiger partial charge in [0.25, 0.3) is 0 Å². The summed E-state index contributed by atoms with van der Waals surface area (Å²) in [7, 11) is 0. The van der Waals surface area contributed by atoms with Crippen LogP contribution in [-0.2, 0) is 6.54 Å². The van der Waals surface area contributed by atoms with Crippen molar-refractivity contribution in [1.82, 2.24) is 10.2 Å². The lowest BCUT2D eigenvalue weighted by Crippen LogP contribution is -2.32. The number of ether oxygens (including phenoxy) is 1. The first-order chi connectivity index (χ1) is 8.72. The minimum absolute atomic E-state index is 0.0234. The molecule has 1 saturated heterocycles. The van der Waals surface area contributed by atoms with E-state index in [1.165, 1.54) is 0 Å². The Morgan fingerprint density at radius 3 is 3.00 bits per heavy atom. The SMILES string of the molecule is NCc1cccc(Br)c1OCCN1CCNC1=O. The summed E-state index contributed by atoms with van der Waals surface area (Å²) in [5, 5.41) is 2.75. The van der Waals surface area contributed by atoms with Gasteiger partial charge in [0, 0.05) is 25.2 Å². The predicted molar refractivity (Wildman–Crippen MR) is 72.5 cm³/mol. The van der Waals surface area contributed by atoms with Crippen LogP contribution in [-0.4, -0.2) is 37.2 Å². The van der Waals surface area contributed by atoms with E-state index in [1.54, 1.807) is 4.90 Å². The monoisotopic (exact) mass is 313 g/mol. The van der Waals surface area contributed by atoms with Gasteiger partial charge >= 0.3 is 6.03 Å². The molecule has 0 bridgehead atoms. The van der Waals surface area contributed by atoms with Crippen molar-refractivity contribution < 1.29 is 9.53 Å². The molecule has 0 saturated carbocycles. The van der Waals surface area contributed by atoms with Crippen LogP contribution in [0.4, 0.5) is 4.79 Å². The highest BCUT2D eigenvalue weighted by atomic mass is 79.9. The van der Waals surface area contributed by atoms with Crippen molar-refractivity contribution in [2.45, 2.75) is 6.54 Å². The first-order valence-electron chi connectivity index (χ1n) is 5.85. The summed E-state index contributed by atoms with van der Waals surface area (Å²) >= 11 is 3.44. The maximum Gasteiger partial charge on any atom is 0.317 e. The Hall–Kier alpha value is -1.27. The molecule has 3 N–H and O–H groups in total. The molecule has 5 nitrogen and oxygen atoms in total. The number of halogens is 1. The van der Waals surface area contributed by atoms with Crippen molar-refractivity contribution in [2.24, 2.45) is 5.73 Å². The predicted octanol–water partition coefficient (Wildman–Crippen LogP) is 1.31. The Kier molecular flexibility index (Phi) is 4.43. The molecular weight excluding hydrogens is 298 g/mol. The van der Waals surface area contributed by atoms with Crippen LogP contribution in [0, 0.1) is 0 Å². The lowest BCUT2D eigenvalue weighted by Gasteiger charge is -2.16. The maximum absolute atomic E-state index is 11.3. The molecule has 1 fully saturated rings. The first-order valence-corrected chi connectivity index (χ1v) is 6.64. The highest BCUT2D eigenvalue weighted by Crippen LogP contribution is 2.28. The van der Waals surface area contributed by atoms with Crippen molar-refractivity contribution in [1.29, 1.82) is 0 Å². The molecule has 0 aliphatic carbocycles. The Bertz CT molecular complexity index is 439. The zero-order valence-corrected chi connectivity index (χ0v) is 11.6. The van der Waals surface area contributed by atoms with E-state index in [4.69, 9.17) is 10.5 Å². The minimum atomic E-state index is -0.0234. The third kappa shape index (κ3) is 2.94. The zero-order valence-electron chi connectivity index (χ0n) is 9.99. The fraction of sp³-hybridized carbons (Fsp3) is 0.417. The van der Waals surface area contributed by atoms with Gasteiger partial charge in [0.05, 0.1) is 11.0 Å². The molecule has 1 aliphatic rings. The van der Waals surface area contributed by atoms with E-state index in [1.807, 2.05) is 18.2 Å². The molecule has 1 aliphatic heterocycles. The molecule has 0 atom stereocenters. The summed E-state index contributed by atoms with van der Waals surface area (Å²) in [4.78, 5) is 13.1. The minimum Gasteiger partial charge on any atom is -0.490 e. The zero-order chi connectivity index (χ0) is 13.0. The number of para-hydroxylation sites is 1. The van der Waals surface area contributed by atoms with Crippen molar-refractivity contribution in [3.05, 3.63) is 28.2 Å². The topological polar surface area (TPSA) is 67.6 Å². The highest BCUT2D eigenvalue weighted by molar-refractivity contribution is 9.10. The molecule has 0 unspecified atom stereocenters. The molecule has 2 rings (SSSR count). The van der Waals surface area contributed by atoms with Gasteiger partial charge in [-0.3, -0.25) is 0 Å². The van der Waals surface area contributed by atoms with Crippen LogP contribution >= 0.6 is 15.9 Å². The normalized spacial score (nSPS) is 14.8. The Morgan fingerprint density at radius 1 is 1.50 bits per heavy atom. The molecular formula is C12H16BrN3O2. The summed E-state index contributed by atoms with van der Waals surface area (Å²) in [6.45, 7) is 2.92. The van der Waals surface area contributed by atoms with E-state index in [0.29, 0.717) is 26.2 Å². The van der Waals surface area contributed by atoms with E-state index in [-0.39, 0.29) is 6.03 Å². The van der Waals surface area contributed by atoms with E-state index >= 15 is 0 Å². The van der Waals surface area contributed by atoms with Crippen LogP contribution in [0.15, 0.2) is 22.7 Å². The average molecular weight is 314 g/mol. The Morgan fingerprint density at radius 2 is 2.33 bits per heavy atom. The van der Waals surface area contributed by atoms with Gasteiger partial charge in [-0.1, -0.05) is 12.1 Å². The second-order valence-electron chi connectivity index (χ2n) is 4.00. The molecule has 2 amide bonds. The summed E-state index contributed by atoms with van der Waals surface area (Å²) in [5.41, 5.74) is 6.61. The molecule has 0 radical (unpaired) electrons. The standard InChI is InChI=1S/C12H16BrN3O2/c13-10-3-1-2-9(8-14)11(10)18-7-6-16-5-4-15-12(16)17/h1-3H,4-8,14H2,(H,15,17). The Balaban J connectivity index is 1.92. The van der Waals surface area contributed by atoms with Crippen LogP contribution < -0.4 is 15.8 Å². The number of benzene rings is 1. The molecule has 18 heavy (non-hydrogen) atoms. The fourth-order valence-electron chi connectivity index (χ4n) is 1.86. The number of carbonyl (C=O) groups excluding carboxylic acids is 1. The molecule has 0 spiro atoms. The number of nitrogens with zero attached hydrogens (tertiary/aromatic N) is 1. The summed E-state index contributed by atoms with van der Waals surface area (Å²) in [6.07, 6.45) is 0. The number of hydrogen-bond acceptors (Lipinski definition) is 3. The van der Waals surface area contributed by atoms with Crippen LogP contribution in [0.5, 0.6) is 5.75 Å². The van der Waals surface area contributed by atoms with Crippen LogP contribution in [0.25, 0.3) is 0 Å². The van der Waals surface area contributed by atoms with Crippen LogP contribution in [0.3, 0.4) is 0 Å². The lowest BCUT2D eigenvalue weighted by molar-refractivity contribution is 0.202. The number of urea groups is 1. The molecule has 1 aromatic carbocycles. The average Bonchev–Trinajstić information content (AvgIpc) is 2.77. The third-order valence-electron chi connectivity index (χ3n) is 2.82. The number of amides is 2. The van der Waals surface area contributed by atoms with Gasteiger partial charge in [-0.15, -0.1) is 0 Å². The molecule has 6 heteroatoms. The second-order valence-corrected chi connectivity index (χ2v) is 4.85. The van der Waals surface area contributed by atoms with Gasteiger partial charge in [-0.25, -0.2) is 4.79 Å². The van der Waals surface area contributed by atoms with Gasteiger partial charge in [0.1, 0.15) is 12.4 Å². The van der Waals surface area contributed by atoms with Crippen molar-refractivity contribution in [2.75, 3.05) is 26.2 Å². The van der Waals surface area contributed by atoms with Crippen molar-refractivity contribution in [3.63, 3.8) is 0 Å². The lowest BCUT2D eigenvalue weighted by atomic mass is 10.2. The third-order valence-corrected chi connectivity index (χ3v) is 3.45. The van der Waals surface area contributed by atoms with E-state index in [0.717, 1.165) is 22.3 Å². The Labute approximate surface area is 114 Å². The maximum atomic E-state index is 11.3. The van der Waals surface area contributed by atoms with Gasteiger partial charge in [0.2, 0.25) is 0 Å². The van der Waals surface area contributed by atoms with Crippen LogP contribution in [0.2, 0.25) is 0 Å². The number of nitrogens with one attached hydrogen (secondary N) is 1. The van der Waals surface area contributed by atoms with Gasteiger partial charge in [-0.2, -0.15) is 0 Å². The van der Waals surface area contributed by atoms with E-state index < -0.39 is 0 Å². The van der Waals surface area contributed by atoms with Crippen LogP contribution in [0.1, 0.15) is 5.56 Å². The summed E-state index contributed by atoms with van der Waals surface area (Å²) < 4.78 is 6.61. The van der Waals surface area contributed by atoms with Gasteiger partial charge in [-0.05, 0) is 22.0 Å². The smallest absolute Gasteiger partial charge is 0.317 e. The highest BCUT2D eigenvalue weighted by Gasteiger charge is 2.19.